The number of aliphatic carboxylic acids is 1. The maximum atomic E-state index is 10.9. The number of carboxylic acids is 1. The zero-order valence-electron chi connectivity index (χ0n) is 8.83. The molecule has 0 aliphatic rings. The Bertz CT molecular complexity index is 497. The molecular weight excluding hydrogens is 354 g/mol. The zero-order valence-corrected chi connectivity index (χ0v) is 12.0. The number of rotatable bonds is 3. The van der Waals surface area contributed by atoms with E-state index in [2.05, 4.69) is 37.2 Å². The van der Waals surface area contributed by atoms with E-state index in [1.807, 2.05) is 0 Å². The molecule has 0 spiro atoms. The number of carbonyl (C=O) groups excluding carboxylic acids is 1. The van der Waals surface area contributed by atoms with E-state index in [4.69, 9.17) is 5.11 Å². The van der Waals surface area contributed by atoms with E-state index in [9.17, 15) is 9.59 Å². The van der Waals surface area contributed by atoms with Crippen molar-refractivity contribution >= 4 is 49.8 Å². The maximum Gasteiger partial charge on any atom is 0.352 e. The molecule has 0 fully saturated rings. The van der Waals surface area contributed by atoms with Crippen LogP contribution in [0.4, 0.5) is 0 Å². The van der Waals surface area contributed by atoms with Crippen LogP contribution >= 0.6 is 31.9 Å². The Hall–Kier alpha value is -1.14. The lowest BCUT2D eigenvalue weighted by Crippen LogP contribution is -2.24. The molecule has 0 bridgehead atoms. The quantitative estimate of drug-likeness (QED) is 0.812. The van der Waals surface area contributed by atoms with Crippen molar-refractivity contribution < 1.29 is 14.7 Å². The first-order valence-corrected chi connectivity index (χ1v) is 6.16. The number of benzene rings is 1. The Kier molecular flexibility index (Phi) is 4.89. The van der Waals surface area contributed by atoms with E-state index in [1.54, 1.807) is 18.2 Å². The second-order valence-electron chi connectivity index (χ2n) is 3.22. The number of halogens is 2. The third-order valence-corrected chi connectivity index (χ3v) is 3.68. The Labute approximate surface area is 115 Å². The SMILES string of the molecule is CC(=O)NC(=Cc1ccc(Br)c(Br)c1)C(=O)O. The smallest absolute Gasteiger partial charge is 0.352 e. The normalized spacial score (nSPS) is 11.1. The summed E-state index contributed by atoms with van der Waals surface area (Å²) in [6, 6.07) is 5.26. The summed E-state index contributed by atoms with van der Waals surface area (Å²) < 4.78 is 1.67. The van der Waals surface area contributed by atoms with Gasteiger partial charge in [-0.2, -0.15) is 0 Å². The van der Waals surface area contributed by atoms with Gasteiger partial charge in [0.1, 0.15) is 5.70 Å². The molecule has 1 amide bonds. The number of hydrogen-bond donors (Lipinski definition) is 2. The summed E-state index contributed by atoms with van der Waals surface area (Å²) in [6.07, 6.45) is 1.39. The molecule has 0 radical (unpaired) electrons. The van der Waals surface area contributed by atoms with Crippen LogP contribution in [0.2, 0.25) is 0 Å². The molecule has 4 nitrogen and oxygen atoms in total. The second kappa shape index (κ2) is 5.97. The van der Waals surface area contributed by atoms with Gasteiger partial charge in [-0.25, -0.2) is 4.79 Å². The third kappa shape index (κ3) is 4.32. The average molecular weight is 363 g/mol. The van der Waals surface area contributed by atoms with Crippen LogP contribution in [0.1, 0.15) is 12.5 Å². The molecule has 0 saturated heterocycles. The van der Waals surface area contributed by atoms with Crippen molar-refractivity contribution in [1.82, 2.24) is 5.32 Å². The van der Waals surface area contributed by atoms with Crippen molar-refractivity contribution in [2.24, 2.45) is 0 Å². The van der Waals surface area contributed by atoms with Crippen LogP contribution in [-0.2, 0) is 9.59 Å². The largest absolute Gasteiger partial charge is 0.477 e. The minimum Gasteiger partial charge on any atom is -0.477 e. The highest BCUT2D eigenvalue weighted by molar-refractivity contribution is 9.13. The van der Waals surface area contributed by atoms with Crippen LogP contribution in [0, 0.1) is 0 Å². The summed E-state index contributed by atoms with van der Waals surface area (Å²) in [5.41, 5.74) is 0.512. The van der Waals surface area contributed by atoms with Crippen LogP contribution in [0.25, 0.3) is 6.08 Å². The van der Waals surface area contributed by atoms with Crippen LogP contribution in [-0.4, -0.2) is 17.0 Å². The first kappa shape index (κ1) is 13.9. The average Bonchev–Trinajstić information content (AvgIpc) is 2.21. The van der Waals surface area contributed by atoms with Gasteiger partial charge in [-0.05, 0) is 55.6 Å². The fourth-order valence-electron chi connectivity index (χ4n) is 1.11. The van der Waals surface area contributed by atoms with Crippen molar-refractivity contribution in [3.8, 4) is 0 Å². The van der Waals surface area contributed by atoms with E-state index in [0.717, 1.165) is 8.95 Å². The molecular formula is C11H9Br2NO3. The Morgan fingerprint density at radius 3 is 2.41 bits per heavy atom. The monoisotopic (exact) mass is 361 g/mol. The molecule has 1 aromatic rings. The lowest BCUT2D eigenvalue weighted by Gasteiger charge is -2.04. The molecule has 0 aromatic heterocycles. The molecule has 1 aromatic carbocycles. The van der Waals surface area contributed by atoms with Gasteiger partial charge in [0.15, 0.2) is 0 Å². The first-order chi connectivity index (χ1) is 7.90. The van der Waals surface area contributed by atoms with Crippen molar-refractivity contribution in [2.45, 2.75) is 6.92 Å². The van der Waals surface area contributed by atoms with E-state index in [0.29, 0.717) is 5.56 Å². The predicted molar refractivity (Wildman–Crippen MR) is 71.3 cm³/mol. The lowest BCUT2D eigenvalue weighted by molar-refractivity contribution is -0.134. The second-order valence-corrected chi connectivity index (χ2v) is 4.93. The van der Waals surface area contributed by atoms with Crippen molar-refractivity contribution in [3.05, 3.63) is 38.4 Å². The maximum absolute atomic E-state index is 10.9. The van der Waals surface area contributed by atoms with E-state index >= 15 is 0 Å². The van der Waals surface area contributed by atoms with E-state index in [1.165, 1.54) is 13.0 Å². The highest BCUT2D eigenvalue weighted by Crippen LogP contribution is 2.24. The minimum atomic E-state index is -1.18. The molecule has 0 unspecified atom stereocenters. The van der Waals surface area contributed by atoms with Gasteiger partial charge in [0.2, 0.25) is 5.91 Å². The summed E-state index contributed by atoms with van der Waals surface area (Å²) in [5.74, 6) is -1.60. The summed E-state index contributed by atoms with van der Waals surface area (Å²) in [5, 5.41) is 11.2. The van der Waals surface area contributed by atoms with Gasteiger partial charge < -0.3 is 10.4 Å². The number of hydrogen-bond acceptors (Lipinski definition) is 2. The molecule has 90 valence electrons. The highest BCUT2D eigenvalue weighted by atomic mass is 79.9. The summed E-state index contributed by atoms with van der Waals surface area (Å²) in [6.45, 7) is 1.26. The van der Waals surface area contributed by atoms with Crippen LogP contribution < -0.4 is 5.32 Å². The van der Waals surface area contributed by atoms with Crippen molar-refractivity contribution in [2.75, 3.05) is 0 Å². The first-order valence-electron chi connectivity index (χ1n) is 4.58. The van der Waals surface area contributed by atoms with E-state index < -0.39 is 11.9 Å². The Balaban J connectivity index is 3.08. The number of nitrogens with one attached hydrogen (secondary N) is 1. The van der Waals surface area contributed by atoms with Gasteiger partial charge in [0, 0.05) is 15.9 Å². The predicted octanol–water partition coefficient (Wildman–Crippen LogP) is 2.77. The molecule has 6 heteroatoms. The Morgan fingerprint density at radius 1 is 1.29 bits per heavy atom. The zero-order chi connectivity index (χ0) is 13.0. The van der Waals surface area contributed by atoms with E-state index in [-0.39, 0.29) is 5.70 Å². The Morgan fingerprint density at radius 2 is 1.94 bits per heavy atom. The topological polar surface area (TPSA) is 66.4 Å². The number of carbonyl (C=O) groups is 2. The number of carboxylic acid groups (broad SMARTS) is 1. The minimum absolute atomic E-state index is 0.160. The van der Waals surface area contributed by atoms with Gasteiger partial charge >= 0.3 is 5.97 Å². The van der Waals surface area contributed by atoms with Crippen molar-refractivity contribution in [1.29, 1.82) is 0 Å². The summed E-state index contributed by atoms with van der Waals surface area (Å²) in [4.78, 5) is 21.7. The molecule has 0 saturated carbocycles. The third-order valence-electron chi connectivity index (χ3n) is 1.80. The molecule has 2 N–H and O–H groups in total. The van der Waals surface area contributed by atoms with Gasteiger partial charge in [-0.3, -0.25) is 4.79 Å². The van der Waals surface area contributed by atoms with Gasteiger partial charge in [0.25, 0.3) is 0 Å². The fourth-order valence-corrected chi connectivity index (χ4v) is 1.75. The highest BCUT2D eigenvalue weighted by Gasteiger charge is 2.09. The molecule has 0 aliphatic carbocycles. The molecule has 0 heterocycles. The molecule has 0 aliphatic heterocycles. The van der Waals surface area contributed by atoms with Crippen molar-refractivity contribution in [3.63, 3.8) is 0 Å². The van der Waals surface area contributed by atoms with Crippen LogP contribution in [0.5, 0.6) is 0 Å². The van der Waals surface area contributed by atoms with Gasteiger partial charge in [-0.15, -0.1) is 0 Å². The molecule has 0 atom stereocenters. The van der Waals surface area contributed by atoms with Gasteiger partial charge in [-0.1, -0.05) is 6.07 Å². The summed E-state index contributed by atoms with van der Waals surface area (Å²) in [7, 11) is 0. The van der Waals surface area contributed by atoms with Gasteiger partial charge in [0.05, 0.1) is 0 Å². The number of amides is 1. The molecule has 17 heavy (non-hydrogen) atoms. The lowest BCUT2D eigenvalue weighted by atomic mass is 10.2. The van der Waals surface area contributed by atoms with Crippen LogP contribution in [0.15, 0.2) is 32.8 Å². The molecule has 1 rings (SSSR count). The summed E-state index contributed by atoms with van der Waals surface area (Å²) >= 11 is 6.62. The van der Waals surface area contributed by atoms with Crippen LogP contribution in [0.3, 0.4) is 0 Å². The standard InChI is InChI=1S/C11H9Br2NO3/c1-6(15)14-10(11(16)17)5-7-2-3-8(12)9(13)4-7/h2-5H,1H3,(H,14,15)(H,16,17). The fraction of sp³-hybridized carbons (Fsp3) is 0.0909.